The van der Waals surface area contributed by atoms with Crippen LogP contribution in [0, 0.1) is 11.8 Å². The molecule has 4 heterocycles. The molecule has 4 rings (SSSR count). The number of hydrogen-bond donors (Lipinski definition) is 1. The van der Waals surface area contributed by atoms with Gasteiger partial charge in [0.05, 0.1) is 5.39 Å². The van der Waals surface area contributed by atoms with Crippen molar-refractivity contribution in [3.63, 3.8) is 0 Å². The van der Waals surface area contributed by atoms with E-state index >= 15 is 0 Å². The summed E-state index contributed by atoms with van der Waals surface area (Å²) in [5.74, 6) is 1.79. The number of anilines is 1. The summed E-state index contributed by atoms with van der Waals surface area (Å²) in [6, 6.07) is 5.62. The molecule has 1 fully saturated rings. The molecule has 0 saturated carbocycles. The molecule has 0 aliphatic carbocycles. The summed E-state index contributed by atoms with van der Waals surface area (Å²) in [7, 11) is 0. The Hall–Kier alpha value is -2.76. The first-order valence-corrected chi connectivity index (χ1v) is 8.66. The van der Waals surface area contributed by atoms with E-state index in [0.29, 0.717) is 28.8 Å². The quantitative estimate of drug-likeness (QED) is 0.779. The predicted octanol–water partition coefficient (Wildman–Crippen LogP) is 2.86. The van der Waals surface area contributed by atoms with Gasteiger partial charge in [-0.15, -0.1) is 0 Å². The molecule has 6 nitrogen and oxygen atoms in total. The molecule has 0 radical (unpaired) electrons. The maximum absolute atomic E-state index is 12.8. The Labute approximate surface area is 146 Å². The van der Waals surface area contributed by atoms with Crippen molar-refractivity contribution in [2.24, 2.45) is 11.8 Å². The number of hydrogen-bond acceptors (Lipinski definition) is 5. The molecule has 25 heavy (non-hydrogen) atoms. The fourth-order valence-electron chi connectivity index (χ4n) is 3.81. The highest BCUT2D eigenvalue weighted by Crippen LogP contribution is 2.26. The molecular formula is C19H21N5O. The summed E-state index contributed by atoms with van der Waals surface area (Å²) >= 11 is 0. The maximum atomic E-state index is 12.8. The van der Waals surface area contributed by atoms with Crippen LogP contribution >= 0.6 is 0 Å². The molecule has 2 unspecified atom stereocenters. The molecule has 0 amide bonds. The topological polar surface area (TPSA) is 74.8 Å². The molecule has 3 aromatic heterocycles. The van der Waals surface area contributed by atoms with Gasteiger partial charge in [-0.25, -0.2) is 4.98 Å². The van der Waals surface area contributed by atoms with Crippen molar-refractivity contribution in [1.29, 1.82) is 0 Å². The third kappa shape index (κ3) is 2.99. The van der Waals surface area contributed by atoms with Gasteiger partial charge in [0.25, 0.3) is 5.56 Å². The molecule has 1 N–H and O–H groups in total. The van der Waals surface area contributed by atoms with Crippen LogP contribution in [0.15, 0.2) is 41.6 Å². The molecule has 1 aliphatic rings. The molecule has 0 bridgehead atoms. The van der Waals surface area contributed by atoms with Gasteiger partial charge in [0, 0.05) is 31.7 Å². The molecule has 6 heteroatoms. The minimum atomic E-state index is -0.147. The van der Waals surface area contributed by atoms with Crippen LogP contribution in [0.2, 0.25) is 0 Å². The van der Waals surface area contributed by atoms with Crippen LogP contribution in [0.3, 0.4) is 0 Å². The van der Waals surface area contributed by atoms with Crippen molar-refractivity contribution in [3.8, 4) is 11.1 Å². The fourth-order valence-corrected chi connectivity index (χ4v) is 3.81. The van der Waals surface area contributed by atoms with Gasteiger partial charge in [-0.2, -0.15) is 4.98 Å². The van der Waals surface area contributed by atoms with Crippen molar-refractivity contribution in [2.75, 3.05) is 18.0 Å². The second-order valence-electron chi connectivity index (χ2n) is 7.03. The van der Waals surface area contributed by atoms with E-state index in [9.17, 15) is 4.79 Å². The average Bonchev–Trinajstić information content (AvgIpc) is 2.61. The lowest BCUT2D eigenvalue weighted by Gasteiger charge is -2.35. The van der Waals surface area contributed by atoms with E-state index in [2.05, 4.69) is 38.7 Å². The molecule has 3 aromatic rings. The lowest BCUT2D eigenvalue weighted by molar-refractivity contribution is 0.353. The second-order valence-corrected chi connectivity index (χ2v) is 7.03. The van der Waals surface area contributed by atoms with E-state index in [4.69, 9.17) is 0 Å². The Morgan fingerprint density at radius 3 is 2.52 bits per heavy atom. The van der Waals surface area contributed by atoms with E-state index < -0.39 is 0 Å². The highest BCUT2D eigenvalue weighted by Gasteiger charge is 2.24. The van der Waals surface area contributed by atoms with Crippen LogP contribution in [0.1, 0.15) is 20.3 Å². The van der Waals surface area contributed by atoms with E-state index in [1.54, 1.807) is 18.6 Å². The number of nitrogens with one attached hydrogen (secondary N) is 1. The van der Waals surface area contributed by atoms with Crippen molar-refractivity contribution in [3.05, 3.63) is 47.1 Å². The Balaban J connectivity index is 1.83. The normalized spacial score (nSPS) is 20.8. The molecule has 2 atom stereocenters. The van der Waals surface area contributed by atoms with Crippen molar-refractivity contribution in [2.45, 2.75) is 20.3 Å². The number of rotatable bonds is 2. The zero-order valence-electron chi connectivity index (χ0n) is 14.4. The number of pyridine rings is 2. The zero-order chi connectivity index (χ0) is 17.4. The van der Waals surface area contributed by atoms with Crippen LogP contribution in [0.4, 0.5) is 5.95 Å². The smallest absolute Gasteiger partial charge is 0.262 e. The van der Waals surface area contributed by atoms with E-state index in [1.165, 1.54) is 6.42 Å². The third-order valence-electron chi connectivity index (χ3n) is 4.75. The first kappa shape index (κ1) is 15.7. The minimum Gasteiger partial charge on any atom is -0.342 e. The predicted molar refractivity (Wildman–Crippen MR) is 98.5 cm³/mol. The maximum Gasteiger partial charge on any atom is 0.262 e. The number of fused-ring (bicyclic) bond motifs is 1. The van der Waals surface area contributed by atoms with Gasteiger partial charge in [0.15, 0.2) is 5.65 Å². The van der Waals surface area contributed by atoms with Gasteiger partial charge in [-0.1, -0.05) is 13.8 Å². The summed E-state index contributed by atoms with van der Waals surface area (Å²) in [5, 5.41) is 0.524. The van der Waals surface area contributed by atoms with E-state index in [0.717, 1.165) is 24.2 Å². The summed E-state index contributed by atoms with van der Waals surface area (Å²) in [4.78, 5) is 31.0. The van der Waals surface area contributed by atoms with Crippen LogP contribution in [0.5, 0.6) is 0 Å². The lowest BCUT2D eigenvalue weighted by atomic mass is 9.92. The van der Waals surface area contributed by atoms with Gasteiger partial charge < -0.3 is 4.90 Å². The van der Waals surface area contributed by atoms with Gasteiger partial charge in [-0.05, 0) is 47.6 Å². The first-order chi connectivity index (χ1) is 12.1. The zero-order valence-corrected chi connectivity index (χ0v) is 14.4. The molecule has 0 spiro atoms. The number of H-pyrrole nitrogens is 1. The Morgan fingerprint density at radius 1 is 1.08 bits per heavy atom. The average molecular weight is 335 g/mol. The summed E-state index contributed by atoms with van der Waals surface area (Å²) in [5.41, 5.74) is 2.10. The van der Waals surface area contributed by atoms with Crippen LogP contribution in [0.25, 0.3) is 22.2 Å². The van der Waals surface area contributed by atoms with Gasteiger partial charge in [0.2, 0.25) is 5.95 Å². The highest BCUT2D eigenvalue weighted by atomic mass is 16.1. The van der Waals surface area contributed by atoms with Crippen LogP contribution in [-0.4, -0.2) is 33.0 Å². The SMILES string of the molecule is CC1CC(C)CN(c2nc3nccc(-c4ccncc4)c3c(=O)[nH]2)C1. The monoisotopic (exact) mass is 335 g/mol. The third-order valence-corrected chi connectivity index (χ3v) is 4.75. The molecule has 128 valence electrons. The lowest BCUT2D eigenvalue weighted by Crippen LogP contribution is -2.40. The highest BCUT2D eigenvalue weighted by molar-refractivity contribution is 5.91. The van der Waals surface area contributed by atoms with Crippen molar-refractivity contribution < 1.29 is 0 Å². The second kappa shape index (κ2) is 6.27. The van der Waals surface area contributed by atoms with E-state index in [-0.39, 0.29) is 5.56 Å². The number of piperidine rings is 1. The Bertz CT molecular complexity index is 943. The van der Waals surface area contributed by atoms with Gasteiger partial charge in [-0.3, -0.25) is 14.8 Å². The van der Waals surface area contributed by atoms with Crippen molar-refractivity contribution in [1.82, 2.24) is 19.9 Å². The molecule has 1 saturated heterocycles. The Kier molecular flexibility index (Phi) is 3.95. The standard InChI is InChI=1S/C19H21N5O/c1-12-9-13(2)11-24(10-12)19-22-17-16(18(25)23-19)15(5-8-21-17)14-3-6-20-7-4-14/h3-8,12-13H,9-11H2,1-2H3,(H,21,22,23,25). The summed E-state index contributed by atoms with van der Waals surface area (Å²) in [6.45, 7) is 6.29. The largest absolute Gasteiger partial charge is 0.342 e. The van der Waals surface area contributed by atoms with Crippen LogP contribution < -0.4 is 10.5 Å². The Morgan fingerprint density at radius 2 is 1.80 bits per heavy atom. The summed E-state index contributed by atoms with van der Waals surface area (Å²) < 4.78 is 0. The molecular weight excluding hydrogens is 314 g/mol. The van der Waals surface area contributed by atoms with E-state index in [1.807, 2.05) is 18.2 Å². The molecule has 0 aromatic carbocycles. The number of nitrogens with zero attached hydrogens (tertiary/aromatic N) is 4. The summed E-state index contributed by atoms with van der Waals surface area (Å²) in [6.07, 6.45) is 6.34. The fraction of sp³-hybridized carbons (Fsp3) is 0.368. The number of aromatic amines is 1. The minimum absolute atomic E-state index is 0.147. The van der Waals surface area contributed by atoms with Crippen LogP contribution in [-0.2, 0) is 0 Å². The number of aromatic nitrogens is 4. The van der Waals surface area contributed by atoms with Gasteiger partial charge in [0.1, 0.15) is 0 Å². The molecule has 1 aliphatic heterocycles. The first-order valence-electron chi connectivity index (χ1n) is 8.66. The van der Waals surface area contributed by atoms with Crippen molar-refractivity contribution >= 4 is 17.0 Å². The van der Waals surface area contributed by atoms with Gasteiger partial charge >= 0.3 is 0 Å².